The Hall–Kier alpha value is -3.39. The van der Waals surface area contributed by atoms with E-state index < -0.39 is 5.82 Å². The Morgan fingerprint density at radius 1 is 1.09 bits per heavy atom. The van der Waals surface area contributed by atoms with Crippen molar-refractivity contribution >= 4 is 22.7 Å². The highest BCUT2D eigenvalue weighted by atomic mass is 19.1. The smallest absolute Gasteiger partial charge is 0.229 e. The van der Waals surface area contributed by atoms with Crippen molar-refractivity contribution < 1.29 is 4.39 Å². The Balaban J connectivity index is 1.49. The van der Waals surface area contributed by atoms with E-state index in [-0.39, 0.29) is 5.69 Å². The van der Waals surface area contributed by atoms with Gasteiger partial charge in [-0.3, -0.25) is 4.68 Å². The Morgan fingerprint density at radius 2 is 1.94 bits per heavy atom. The van der Waals surface area contributed by atoms with Crippen LogP contribution in [0.1, 0.15) is 36.7 Å². The van der Waals surface area contributed by atoms with Crippen molar-refractivity contribution in [3.8, 4) is 11.3 Å². The molecule has 5 rings (SSSR count). The SMILES string of the molecule is CC(C)c1c2cc(-c3nc(Nc4ccc5c(n4)CCN(C)C5)ncc3F)ccc2nn1C. The molecule has 3 aromatic heterocycles. The topological polar surface area (TPSA) is 71.8 Å². The molecule has 1 aromatic carbocycles. The van der Waals surface area contributed by atoms with Gasteiger partial charge in [-0.15, -0.1) is 0 Å². The maximum atomic E-state index is 14.7. The highest BCUT2D eigenvalue weighted by Gasteiger charge is 2.17. The summed E-state index contributed by atoms with van der Waals surface area (Å²) >= 11 is 0. The summed E-state index contributed by atoms with van der Waals surface area (Å²) in [5.41, 5.74) is 5.25. The lowest BCUT2D eigenvalue weighted by atomic mass is 10.0. The molecule has 4 aromatic rings. The lowest BCUT2D eigenvalue weighted by molar-refractivity contribution is 0.310. The van der Waals surface area contributed by atoms with Crippen molar-refractivity contribution in [3.05, 3.63) is 59.3 Å². The Kier molecular flexibility index (Phi) is 5.09. The van der Waals surface area contributed by atoms with Gasteiger partial charge >= 0.3 is 0 Å². The van der Waals surface area contributed by atoms with Crippen molar-refractivity contribution in [2.75, 3.05) is 18.9 Å². The Labute approximate surface area is 186 Å². The Bertz CT molecular complexity index is 1310. The van der Waals surface area contributed by atoms with E-state index in [4.69, 9.17) is 4.98 Å². The molecule has 0 aliphatic carbocycles. The number of rotatable bonds is 4. The molecule has 0 spiro atoms. The van der Waals surface area contributed by atoms with Gasteiger partial charge in [0.2, 0.25) is 5.95 Å². The van der Waals surface area contributed by atoms with E-state index in [2.05, 4.69) is 52.2 Å². The monoisotopic (exact) mass is 431 g/mol. The van der Waals surface area contributed by atoms with Crippen LogP contribution < -0.4 is 5.32 Å². The number of nitrogens with zero attached hydrogens (tertiary/aromatic N) is 6. The van der Waals surface area contributed by atoms with Gasteiger partial charge in [0.05, 0.1) is 11.7 Å². The van der Waals surface area contributed by atoms with Crippen LogP contribution in [0.25, 0.3) is 22.2 Å². The van der Waals surface area contributed by atoms with Crippen LogP contribution >= 0.6 is 0 Å². The van der Waals surface area contributed by atoms with Gasteiger partial charge in [-0.25, -0.2) is 19.3 Å². The molecule has 8 heteroatoms. The standard InChI is InChI=1S/C24H26FN7/c1-14(2)23-17-11-15(5-7-20(17)30-32(23)4)22-18(25)12-26-24(29-22)28-21-8-6-16-13-31(3)10-9-19(16)27-21/h5-8,11-12,14H,9-10,13H2,1-4H3,(H,26,27,28,29). The lowest BCUT2D eigenvalue weighted by Crippen LogP contribution is -2.27. The molecule has 1 aliphatic heterocycles. The first-order valence-corrected chi connectivity index (χ1v) is 10.8. The van der Waals surface area contributed by atoms with Crippen LogP contribution in [0.4, 0.5) is 16.2 Å². The minimum atomic E-state index is -0.466. The minimum Gasteiger partial charge on any atom is -0.309 e. The van der Waals surface area contributed by atoms with Crippen molar-refractivity contribution in [1.82, 2.24) is 29.6 Å². The molecule has 0 amide bonds. The molecule has 0 bridgehead atoms. The molecular formula is C24H26FN7. The largest absolute Gasteiger partial charge is 0.309 e. The lowest BCUT2D eigenvalue weighted by Gasteiger charge is -2.24. The van der Waals surface area contributed by atoms with E-state index in [0.29, 0.717) is 23.2 Å². The second-order valence-electron chi connectivity index (χ2n) is 8.70. The number of halogens is 1. The number of anilines is 2. The fourth-order valence-corrected chi connectivity index (χ4v) is 4.42. The van der Waals surface area contributed by atoms with E-state index in [0.717, 1.165) is 41.8 Å². The first kappa shape index (κ1) is 20.5. The zero-order valence-corrected chi connectivity index (χ0v) is 18.7. The number of hydrogen-bond acceptors (Lipinski definition) is 6. The summed E-state index contributed by atoms with van der Waals surface area (Å²) < 4.78 is 16.6. The van der Waals surface area contributed by atoms with E-state index in [1.165, 1.54) is 11.8 Å². The molecule has 0 saturated heterocycles. The predicted molar refractivity (Wildman–Crippen MR) is 123 cm³/mol. The molecule has 164 valence electrons. The maximum Gasteiger partial charge on any atom is 0.229 e. The Morgan fingerprint density at radius 3 is 2.75 bits per heavy atom. The van der Waals surface area contributed by atoms with Crippen LogP contribution in [0, 0.1) is 5.82 Å². The van der Waals surface area contributed by atoms with Crippen LogP contribution in [-0.4, -0.2) is 43.2 Å². The number of hydrogen-bond donors (Lipinski definition) is 1. The fourth-order valence-electron chi connectivity index (χ4n) is 4.42. The molecule has 0 fully saturated rings. The summed E-state index contributed by atoms with van der Waals surface area (Å²) in [5.74, 6) is 0.807. The second-order valence-corrected chi connectivity index (χ2v) is 8.70. The van der Waals surface area contributed by atoms with Gasteiger partial charge in [-0.05, 0) is 36.7 Å². The summed E-state index contributed by atoms with van der Waals surface area (Å²) in [7, 11) is 4.04. The summed E-state index contributed by atoms with van der Waals surface area (Å²) in [5, 5.41) is 8.72. The molecule has 0 radical (unpaired) electrons. The molecule has 1 aliphatic rings. The first-order valence-electron chi connectivity index (χ1n) is 10.8. The minimum absolute atomic E-state index is 0.252. The van der Waals surface area contributed by atoms with Crippen molar-refractivity contribution in [3.63, 3.8) is 0 Å². The van der Waals surface area contributed by atoms with Gasteiger partial charge in [0.25, 0.3) is 0 Å². The number of aromatic nitrogens is 5. The molecule has 0 saturated carbocycles. The van der Waals surface area contributed by atoms with E-state index in [9.17, 15) is 4.39 Å². The van der Waals surface area contributed by atoms with Crippen molar-refractivity contribution in [2.24, 2.45) is 7.05 Å². The van der Waals surface area contributed by atoms with E-state index in [1.54, 1.807) is 0 Å². The van der Waals surface area contributed by atoms with Gasteiger partial charge in [-0.2, -0.15) is 5.10 Å². The van der Waals surface area contributed by atoms with E-state index in [1.807, 2.05) is 36.0 Å². The number of aryl methyl sites for hydroxylation is 1. The summed E-state index contributed by atoms with van der Waals surface area (Å²) in [4.78, 5) is 15.6. The maximum absolute atomic E-state index is 14.7. The summed E-state index contributed by atoms with van der Waals surface area (Å²) in [6, 6.07) is 9.71. The van der Waals surface area contributed by atoms with Crippen molar-refractivity contribution in [2.45, 2.75) is 32.7 Å². The third-order valence-electron chi connectivity index (χ3n) is 5.92. The van der Waals surface area contributed by atoms with Gasteiger partial charge in [0, 0.05) is 48.9 Å². The van der Waals surface area contributed by atoms with Crippen LogP contribution in [0.3, 0.4) is 0 Å². The molecule has 1 N–H and O–H groups in total. The number of pyridine rings is 1. The van der Waals surface area contributed by atoms with Crippen molar-refractivity contribution in [1.29, 1.82) is 0 Å². The van der Waals surface area contributed by atoms with Gasteiger partial charge in [-0.1, -0.05) is 26.0 Å². The van der Waals surface area contributed by atoms with Gasteiger partial charge in [0.1, 0.15) is 11.5 Å². The van der Waals surface area contributed by atoms with Crippen LogP contribution in [0.5, 0.6) is 0 Å². The molecule has 0 unspecified atom stereocenters. The second kappa shape index (κ2) is 7.94. The van der Waals surface area contributed by atoms with E-state index >= 15 is 0 Å². The number of nitrogens with one attached hydrogen (secondary N) is 1. The third kappa shape index (κ3) is 3.71. The average Bonchev–Trinajstić information content (AvgIpc) is 3.10. The number of likely N-dealkylation sites (N-methyl/N-ethyl adjacent to an activating group) is 1. The van der Waals surface area contributed by atoms with Crippen LogP contribution in [-0.2, 0) is 20.0 Å². The predicted octanol–water partition coefficient (Wildman–Crippen LogP) is 4.42. The fraction of sp³-hybridized carbons (Fsp3) is 0.333. The molecule has 4 heterocycles. The summed E-state index contributed by atoms with van der Waals surface area (Å²) in [6.45, 7) is 6.13. The highest BCUT2D eigenvalue weighted by Crippen LogP contribution is 2.30. The van der Waals surface area contributed by atoms with Gasteiger partial charge < -0.3 is 10.2 Å². The first-order chi connectivity index (χ1) is 15.4. The highest BCUT2D eigenvalue weighted by molar-refractivity contribution is 5.86. The van der Waals surface area contributed by atoms with Gasteiger partial charge in [0.15, 0.2) is 5.82 Å². The van der Waals surface area contributed by atoms with Crippen LogP contribution in [0.15, 0.2) is 36.5 Å². The number of benzene rings is 1. The molecular weight excluding hydrogens is 405 g/mol. The molecule has 32 heavy (non-hydrogen) atoms. The van der Waals surface area contributed by atoms with Crippen LogP contribution in [0.2, 0.25) is 0 Å². The summed E-state index contributed by atoms with van der Waals surface area (Å²) in [6.07, 6.45) is 2.11. The molecule has 0 atom stereocenters. The zero-order valence-electron chi connectivity index (χ0n) is 18.7. The number of fused-ring (bicyclic) bond motifs is 2. The molecule has 7 nitrogen and oxygen atoms in total. The quantitative estimate of drug-likeness (QED) is 0.516. The third-order valence-corrected chi connectivity index (χ3v) is 5.92. The normalized spacial score (nSPS) is 14.2. The zero-order chi connectivity index (χ0) is 22.4. The average molecular weight is 432 g/mol.